The Bertz CT molecular complexity index is 2440. The van der Waals surface area contributed by atoms with Gasteiger partial charge in [-0.15, -0.1) is 23.5 Å². The number of likely N-dealkylation sites (N-methyl/N-ethyl adjacent to an activating group) is 1. The van der Waals surface area contributed by atoms with Gasteiger partial charge in [-0.1, -0.05) is 101 Å². The number of rotatable bonds is 15. The molecule has 20 heteroatoms. The Morgan fingerprint density at radius 1 is 0.906 bits per heavy atom. The highest BCUT2D eigenvalue weighted by Crippen LogP contribution is 2.47. The second kappa shape index (κ2) is 19.5. The number of amides is 9. The van der Waals surface area contributed by atoms with E-state index in [1.807, 2.05) is 60.7 Å². The van der Waals surface area contributed by atoms with E-state index < -0.39 is 64.8 Å². The maximum Gasteiger partial charge on any atom is 0.367 e. The monoisotopic (exact) mass is 906 g/mol. The Morgan fingerprint density at radius 2 is 1.50 bits per heavy atom. The van der Waals surface area contributed by atoms with Crippen LogP contribution in [0.5, 0.6) is 0 Å². The number of hydrogen-bond donors (Lipinski definition) is 4. The number of piperazine rings is 1. The molecule has 2 fully saturated rings. The first kappa shape index (κ1) is 44.9. The zero-order valence-corrected chi connectivity index (χ0v) is 36.3. The van der Waals surface area contributed by atoms with Crippen LogP contribution in [0.15, 0.2) is 132 Å². The lowest BCUT2D eigenvalue weighted by atomic mass is 9.94. The number of pyridine rings is 1. The van der Waals surface area contributed by atoms with E-state index >= 15 is 0 Å². The molecule has 0 bridgehead atoms. The molecule has 0 spiro atoms. The van der Waals surface area contributed by atoms with E-state index in [0.29, 0.717) is 16.7 Å². The fourth-order valence-electron chi connectivity index (χ4n) is 7.41. The number of nitrogens with two attached hydrogens (primary N) is 1. The van der Waals surface area contributed by atoms with Crippen molar-refractivity contribution >= 4 is 71.6 Å². The molecule has 4 aromatic rings. The number of β-lactam (4-membered cyclic amide) rings is 1. The smallest absolute Gasteiger partial charge is 0.367 e. The molecule has 0 saturated carbocycles. The highest BCUT2D eigenvalue weighted by Gasteiger charge is 2.66. The number of carbonyl (C=O) groups is 8. The second-order valence-electron chi connectivity index (χ2n) is 14.7. The van der Waals surface area contributed by atoms with Crippen molar-refractivity contribution in [2.45, 2.75) is 35.0 Å². The zero-order chi connectivity index (χ0) is 45.5. The summed E-state index contributed by atoms with van der Waals surface area (Å²) in [6.07, 6.45) is 2.66. The van der Waals surface area contributed by atoms with Crippen LogP contribution in [0.25, 0.3) is 0 Å². The number of hydrogen-bond acceptors (Lipinski definition) is 11. The average Bonchev–Trinajstić information content (AvgIpc) is 3.32. The number of nitrogens with zero attached hydrogens (tertiary/aromatic N) is 5. The van der Waals surface area contributed by atoms with Crippen LogP contribution < -0.4 is 31.4 Å². The summed E-state index contributed by atoms with van der Waals surface area (Å²) in [5.74, 6) is -4.18. The minimum atomic E-state index is -2.11. The third-order valence-electron chi connectivity index (χ3n) is 10.8. The molecule has 0 radical (unpaired) electrons. The van der Waals surface area contributed by atoms with Crippen molar-refractivity contribution in [2.75, 3.05) is 43.2 Å². The number of primary amides is 1. The van der Waals surface area contributed by atoms with Crippen molar-refractivity contribution in [3.8, 4) is 0 Å². The van der Waals surface area contributed by atoms with Crippen molar-refractivity contribution in [1.29, 1.82) is 0 Å². The summed E-state index contributed by atoms with van der Waals surface area (Å²) in [4.78, 5) is 111. The predicted octanol–water partition coefficient (Wildman–Crippen LogP) is 1.91. The summed E-state index contributed by atoms with van der Waals surface area (Å²) in [5.41, 5.74) is 5.37. The minimum Gasteiger partial charge on any atom is -0.448 e. The van der Waals surface area contributed by atoms with Crippen molar-refractivity contribution in [1.82, 2.24) is 30.7 Å². The Labute approximate surface area is 376 Å². The SMILES string of the molecule is CCN1CCN(C(=O)N[C@@H](C(=O)N[C@]2(NC=O)C(=O)N3C(C(=O)OC(c4ccccc4)c4ccccc4)=C(CSc4cc[n+](N(C)C(N)=O)cc4)CS[C@@H]32)c2ccccc2)C(=O)C1=O. The molecule has 0 aliphatic carbocycles. The third kappa shape index (κ3) is 9.00. The number of esters is 1. The summed E-state index contributed by atoms with van der Waals surface area (Å²) in [6, 6.07) is 26.5. The van der Waals surface area contributed by atoms with Crippen LogP contribution in [0.4, 0.5) is 9.59 Å². The summed E-state index contributed by atoms with van der Waals surface area (Å²) in [7, 11) is 1.51. The molecule has 2 saturated heterocycles. The minimum absolute atomic E-state index is 0.0718. The number of aromatic nitrogens is 1. The van der Waals surface area contributed by atoms with E-state index in [0.717, 1.165) is 9.80 Å². The summed E-state index contributed by atoms with van der Waals surface area (Å²) >= 11 is 2.54. The molecule has 3 aliphatic rings. The maximum atomic E-state index is 14.7. The average molecular weight is 907 g/mol. The number of fused-ring (bicyclic) bond motifs is 1. The molecular formula is C44H44N9O9S2+. The number of thioether (sulfide) groups is 2. The van der Waals surface area contributed by atoms with Crippen LogP contribution >= 0.6 is 23.5 Å². The van der Waals surface area contributed by atoms with Gasteiger partial charge < -0.3 is 31.3 Å². The van der Waals surface area contributed by atoms with Gasteiger partial charge in [-0.05, 0) is 29.2 Å². The van der Waals surface area contributed by atoms with Gasteiger partial charge in [-0.25, -0.2) is 14.4 Å². The van der Waals surface area contributed by atoms with E-state index in [2.05, 4.69) is 16.0 Å². The number of imide groups is 1. The fraction of sp³-hybridized carbons (Fsp3) is 0.250. The van der Waals surface area contributed by atoms with Gasteiger partial charge in [0.05, 0.1) is 7.05 Å². The van der Waals surface area contributed by atoms with Crippen molar-refractivity contribution in [2.24, 2.45) is 5.73 Å². The van der Waals surface area contributed by atoms with Crippen LogP contribution in [0.3, 0.4) is 0 Å². The van der Waals surface area contributed by atoms with E-state index in [-0.39, 0.29) is 48.8 Å². The van der Waals surface area contributed by atoms with E-state index in [4.69, 9.17) is 10.5 Å². The molecule has 18 nitrogen and oxygen atoms in total. The highest BCUT2D eigenvalue weighted by molar-refractivity contribution is 8.01. The first-order valence-electron chi connectivity index (χ1n) is 20.0. The topological polar surface area (TPSA) is 225 Å². The third-order valence-corrected chi connectivity index (χ3v) is 13.3. The summed E-state index contributed by atoms with van der Waals surface area (Å²) in [6.45, 7) is 1.96. The van der Waals surface area contributed by atoms with Gasteiger partial charge in [0, 0.05) is 48.2 Å². The lowest BCUT2D eigenvalue weighted by Gasteiger charge is -2.57. The molecule has 330 valence electrons. The molecule has 7 rings (SSSR count). The molecule has 9 amide bonds. The van der Waals surface area contributed by atoms with Gasteiger partial charge >= 0.3 is 29.8 Å². The lowest BCUT2D eigenvalue weighted by molar-refractivity contribution is -0.679. The van der Waals surface area contributed by atoms with Gasteiger partial charge in [0.25, 0.3) is 5.91 Å². The van der Waals surface area contributed by atoms with Crippen LogP contribution in [-0.4, -0.2) is 112 Å². The van der Waals surface area contributed by atoms with E-state index in [1.165, 1.54) is 50.1 Å². The van der Waals surface area contributed by atoms with Crippen molar-refractivity contribution in [3.63, 3.8) is 0 Å². The molecule has 5 N–H and O–H groups in total. The lowest BCUT2D eigenvalue weighted by Crippen LogP contribution is -2.85. The van der Waals surface area contributed by atoms with Crippen LogP contribution in [0, 0.1) is 0 Å². The predicted molar refractivity (Wildman–Crippen MR) is 234 cm³/mol. The summed E-state index contributed by atoms with van der Waals surface area (Å²) < 4.78 is 7.80. The quantitative estimate of drug-likeness (QED) is 0.0257. The Hall–Kier alpha value is -7.19. The number of benzene rings is 3. The Kier molecular flexibility index (Phi) is 13.6. The van der Waals surface area contributed by atoms with E-state index in [1.54, 1.807) is 61.8 Å². The highest BCUT2D eigenvalue weighted by atomic mass is 32.2. The van der Waals surface area contributed by atoms with Crippen LogP contribution in [-0.2, 0) is 33.5 Å². The molecule has 64 heavy (non-hydrogen) atoms. The number of ether oxygens (including phenoxy) is 1. The Balaban J connectivity index is 1.20. The second-order valence-corrected chi connectivity index (χ2v) is 16.8. The first-order chi connectivity index (χ1) is 30.9. The van der Waals surface area contributed by atoms with Gasteiger partial charge in [0.2, 0.25) is 30.4 Å². The van der Waals surface area contributed by atoms with Gasteiger partial charge in [0.15, 0.2) is 6.10 Å². The van der Waals surface area contributed by atoms with E-state index in [9.17, 15) is 38.4 Å². The van der Waals surface area contributed by atoms with Gasteiger partial charge in [0.1, 0.15) is 17.1 Å². The number of nitrogens with one attached hydrogen (secondary N) is 3. The number of urea groups is 2. The van der Waals surface area contributed by atoms with Crippen LogP contribution in [0.1, 0.15) is 35.8 Å². The standard InChI is InChI=1S/C44H43N9O9S2/c1-3-50-23-24-52(38(57)37(50)56)43(61)47-33(28-13-7-4-8-14-28)36(55)48-44(46-27-54)40(59)53-34(39(58)62-35(29-15-9-5-10-16-29)30-17-11-6-12-18-30)31(26-64-41(44)53)25-63-32-19-21-51(22-20-32)49(2)42(45)60/h4-22,27,33,35,41H,3,23-26H2,1-2H3,(H4-,45,46,47,48,54,55,60,61)/p+1/t33-,41-,44-/m1/s1. The molecular weight excluding hydrogens is 863 g/mol. The molecule has 3 aromatic carbocycles. The molecule has 4 heterocycles. The van der Waals surface area contributed by atoms with Crippen LogP contribution in [0.2, 0.25) is 0 Å². The largest absolute Gasteiger partial charge is 0.448 e. The van der Waals surface area contributed by atoms with Gasteiger partial charge in [-0.3, -0.25) is 33.8 Å². The zero-order valence-electron chi connectivity index (χ0n) is 34.6. The summed E-state index contributed by atoms with van der Waals surface area (Å²) in [5, 5.41) is 7.84. The van der Waals surface area contributed by atoms with Crippen molar-refractivity contribution in [3.05, 3.63) is 143 Å². The normalized spacial score (nSPS) is 18.7. The molecule has 1 aromatic heterocycles. The molecule has 3 aliphatic heterocycles. The Morgan fingerprint density at radius 3 is 2.06 bits per heavy atom. The molecule has 3 atom stereocenters. The first-order valence-corrected chi connectivity index (χ1v) is 22.1. The fourth-order valence-corrected chi connectivity index (χ4v) is 9.86. The molecule has 0 unspecified atom stereocenters. The van der Waals surface area contributed by atoms with Crippen molar-refractivity contribution < 1.29 is 47.8 Å². The van der Waals surface area contributed by atoms with Gasteiger partial charge in [-0.2, -0.15) is 0 Å². The maximum absolute atomic E-state index is 14.7. The number of carbonyl (C=O) groups excluding carboxylic acids is 8.